The first-order valence-corrected chi connectivity index (χ1v) is 21.9. The second-order valence-corrected chi connectivity index (χ2v) is 18.2. The number of hydrogen-bond donors (Lipinski definition) is 0. The molecule has 0 unspecified atom stereocenters. The lowest BCUT2D eigenvalue weighted by molar-refractivity contribution is 0.660. The maximum atomic E-state index is 5.33. The molecular weight excluding hydrogens is 757 g/mol. The lowest BCUT2D eigenvalue weighted by Gasteiger charge is -2.21. The van der Waals surface area contributed by atoms with Crippen molar-refractivity contribution in [1.82, 2.24) is 9.38 Å². The summed E-state index contributed by atoms with van der Waals surface area (Å²) >= 11 is 1.83. The SMILES string of the molecule is CC1(C)c2ccccc2-c2cc(-c3ccc(-c4ccc(-c5ccc(-c6cc7c8ccccc8sc7c7nc8cc9ccccc9cc8n67)cc5)c5ccccc45)cc3)ccc21. The monoisotopic (exact) mass is 794 g/mol. The number of pyridine rings is 1. The van der Waals surface area contributed by atoms with Gasteiger partial charge in [-0.25, -0.2) is 4.98 Å². The number of nitrogens with zero attached hydrogens (tertiary/aromatic N) is 2. The minimum atomic E-state index is 0.0108. The molecule has 3 aromatic heterocycles. The van der Waals surface area contributed by atoms with Crippen molar-refractivity contribution in [2.24, 2.45) is 0 Å². The van der Waals surface area contributed by atoms with Crippen LogP contribution in [0.4, 0.5) is 0 Å². The van der Waals surface area contributed by atoms with Gasteiger partial charge in [0.15, 0.2) is 5.65 Å². The Bertz CT molecular complexity index is 3760. The first-order chi connectivity index (χ1) is 30.0. The van der Waals surface area contributed by atoms with E-state index in [2.05, 4.69) is 212 Å². The summed E-state index contributed by atoms with van der Waals surface area (Å²) in [6.45, 7) is 4.68. The normalized spacial score (nSPS) is 13.2. The zero-order valence-electron chi connectivity index (χ0n) is 33.8. The van der Waals surface area contributed by atoms with Gasteiger partial charge in [0, 0.05) is 20.9 Å². The van der Waals surface area contributed by atoms with Crippen LogP contribution in [0.15, 0.2) is 194 Å². The van der Waals surface area contributed by atoms with E-state index in [1.165, 1.54) is 97.4 Å². The fourth-order valence-electron chi connectivity index (χ4n) is 10.3. The van der Waals surface area contributed by atoms with E-state index in [0.29, 0.717) is 0 Å². The number of fused-ring (bicyclic) bond motifs is 12. The van der Waals surface area contributed by atoms with Crippen LogP contribution in [-0.4, -0.2) is 9.38 Å². The van der Waals surface area contributed by atoms with Crippen molar-refractivity contribution in [2.45, 2.75) is 19.3 Å². The van der Waals surface area contributed by atoms with E-state index < -0.39 is 0 Å². The van der Waals surface area contributed by atoms with Gasteiger partial charge in [-0.2, -0.15) is 0 Å². The molecule has 0 amide bonds. The van der Waals surface area contributed by atoms with Crippen molar-refractivity contribution < 1.29 is 0 Å². The molecule has 9 aromatic carbocycles. The van der Waals surface area contributed by atoms with E-state index in [1.54, 1.807) is 0 Å². The van der Waals surface area contributed by atoms with Crippen LogP contribution < -0.4 is 0 Å². The van der Waals surface area contributed by atoms with E-state index in [1.807, 2.05) is 11.3 Å². The molecule has 1 aliphatic carbocycles. The molecule has 0 fully saturated rings. The van der Waals surface area contributed by atoms with Crippen molar-refractivity contribution in [3.8, 4) is 55.8 Å². The molecule has 3 heteroatoms. The molecule has 12 aromatic rings. The fourth-order valence-corrected chi connectivity index (χ4v) is 11.5. The summed E-state index contributed by atoms with van der Waals surface area (Å²) in [5.74, 6) is 0. The Morgan fingerprint density at radius 1 is 0.426 bits per heavy atom. The molecular formula is C58H38N2S. The summed E-state index contributed by atoms with van der Waals surface area (Å²) in [6.07, 6.45) is 0. The van der Waals surface area contributed by atoms with Crippen molar-refractivity contribution in [3.05, 3.63) is 205 Å². The van der Waals surface area contributed by atoms with Crippen molar-refractivity contribution in [3.63, 3.8) is 0 Å². The Labute approximate surface area is 357 Å². The molecule has 0 atom stereocenters. The van der Waals surface area contributed by atoms with Crippen LogP contribution in [0.25, 0.3) is 114 Å². The van der Waals surface area contributed by atoms with E-state index in [4.69, 9.17) is 4.98 Å². The minimum Gasteiger partial charge on any atom is -0.291 e. The Morgan fingerprint density at radius 3 is 1.74 bits per heavy atom. The minimum absolute atomic E-state index is 0.0108. The average molecular weight is 795 g/mol. The molecule has 0 saturated carbocycles. The molecule has 2 nitrogen and oxygen atoms in total. The van der Waals surface area contributed by atoms with Crippen LogP contribution >= 0.6 is 11.3 Å². The first-order valence-electron chi connectivity index (χ1n) is 21.1. The highest BCUT2D eigenvalue weighted by Gasteiger charge is 2.35. The average Bonchev–Trinajstić information content (AvgIpc) is 3.95. The molecule has 0 saturated heterocycles. The van der Waals surface area contributed by atoms with Gasteiger partial charge in [-0.05, 0) is 113 Å². The Kier molecular flexibility index (Phi) is 7.26. The van der Waals surface area contributed by atoms with Gasteiger partial charge in [0.1, 0.15) is 0 Å². The second-order valence-electron chi connectivity index (χ2n) is 17.1. The molecule has 0 aliphatic heterocycles. The quantitative estimate of drug-likeness (QED) is 0.173. The highest BCUT2D eigenvalue weighted by molar-refractivity contribution is 7.26. The molecule has 0 spiro atoms. The largest absolute Gasteiger partial charge is 0.291 e. The van der Waals surface area contributed by atoms with Crippen LogP contribution in [0, 0.1) is 0 Å². The summed E-state index contributed by atoms with van der Waals surface area (Å²) < 4.78 is 4.89. The van der Waals surface area contributed by atoms with Crippen molar-refractivity contribution in [2.75, 3.05) is 0 Å². The lowest BCUT2D eigenvalue weighted by Crippen LogP contribution is -2.14. The van der Waals surface area contributed by atoms with Crippen molar-refractivity contribution >= 4 is 69.7 Å². The van der Waals surface area contributed by atoms with Gasteiger partial charge in [0.25, 0.3) is 0 Å². The highest BCUT2D eigenvalue weighted by Crippen LogP contribution is 2.50. The maximum Gasteiger partial charge on any atom is 0.156 e. The van der Waals surface area contributed by atoms with Gasteiger partial charge >= 0.3 is 0 Å². The van der Waals surface area contributed by atoms with Gasteiger partial charge in [-0.15, -0.1) is 11.3 Å². The van der Waals surface area contributed by atoms with Gasteiger partial charge in [0.05, 0.1) is 21.4 Å². The molecule has 3 heterocycles. The number of hydrogen-bond acceptors (Lipinski definition) is 2. The summed E-state index contributed by atoms with van der Waals surface area (Å²) in [7, 11) is 0. The first kappa shape index (κ1) is 34.5. The second kappa shape index (κ2) is 12.8. The van der Waals surface area contributed by atoms with Crippen LogP contribution in [0.3, 0.4) is 0 Å². The van der Waals surface area contributed by atoms with E-state index in [9.17, 15) is 0 Å². The predicted molar refractivity (Wildman–Crippen MR) is 260 cm³/mol. The summed E-state index contributed by atoms with van der Waals surface area (Å²) in [6, 6.07) is 71.9. The topological polar surface area (TPSA) is 17.3 Å². The number of imidazole rings is 1. The number of benzene rings is 9. The van der Waals surface area contributed by atoms with Crippen LogP contribution in [0.5, 0.6) is 0 Å². The van der Waals surface area contributed by atoms with Gasteiger partial charge in [-0.3, -0.25) is 4.40 Å². The third-order valence-corrected chi connectivity index (χ3v) is 14.6. The Hall–Kier alpha value is -7.33. The standard InChI is InChI=1S/C58H38N2S/c1-58(2)50-17-9-7-15-46(50)48-31-41(27-30-51(48)58)35-19-21-36(22-20-35)42-28-29-43(45-14-6-5-13-44(42)45)37-23-25-38(26-24-37)53-34-49-47-16-8-10-18-55(47)61-56(49)57-59-52-32-39-11-3-4-12-40(39)33-54(52)60(53)57/h3-34H,1-2H3. The van der Waals surface area contributed by atoms with Crippen LogP contribution in [-0.2, 0) is 5.41 Å². The molecule has 0 bridgehead atoms. The fraction of sp³-hybridized carbons (Fsp3) is 0.0517. The third-order valence-electron chi connectivity index (χ3n) is 13.4. The number of thiophene rings is 1. The molecule has 1 aliphatic rings. The summed E-state index contributed by atoms with van der Waals surface area (Å²) in [5.41, 5.74) is 18.4. The van der Waals surface area contributed by atoms with E-state index >= 15 is 0 Å². The zero-order chi connectivity index (χ0) is 40.4. The maximum absolute atomic E-state index is 5.33. The van der Waals surface area contributed by atoms with Gasteiger partial charge in [0.2, 0.25) is 0 Å². The third kappa shape index (κ3) is 5.11. The molecule has 61 heavy (non-hydrogen) atoms. The molecule has 13 rings (SSSR count). The molecule has 286 valence electrons. The van der Waals surface area contributed by atoms with Gasteiger partial charge in [-0.1, -0.05) is 178 Å². The molecule has 0 radical (unpaired) electrons. The van der Waals surface area contributed by atoms with E-state index in [-0.39, 0.29) is 5.41 Å². The number of rotatable bonds is 4. The smallest absolute Gasteiger partial charge is 0.156 e. The molecule has 0 N–H and O–H groups in total. The highest BCUT2D eigenvalue weighted by atomic mass is 32.1. The summed E-state index contributed by atoms with van der Waals surface area (Å²) in [5, 5.41) is 7.46. The number of aromatic nitrogens is 2. The van der Waals surface area contributed by atoms with Crippen molar-refractivity contribution in [1.29, 1.82) is 0 Å². The Morgan fingerprint density at radius 2 is 1.00 bits per heavy atom. The van der Waals surface area contributed by atoms with Gasteiger partial charge < -0.3 is 0 Å². The lowest BCUT2D eigenvalue weighted by atomic mass is 9.82. The Balaban J connectivity index is 0.888. The predicted octanol–water partition coefficient (Wildman–Crippen LogP) is 16.1. The summed E-state index contributed by atoms with van der Waals surface area (Å²) in [4.78, 5) is 5.33. The van der Waals surface area contributed by atoms with Crippen LogP contribution in [0.2, 0.25) is 0 Å². The van der Waals surface area contributed by atoms with Crippen LogP contribution in [0.1, 0.15) is 25.0 Å². The van der Waals surface area contributed by atoms with E-state index in [0.717, 1.165) is 27.9 Å². The zero-order valence-corrected chi connectivity index (χ0v) is 34.6.